The molecule has 1 N–H and O–H groups in total. The molecule has 1 aromatic carbocycles. The highest BCUT2D eigenvalue weighted by molar-refractivity contribution is 6.31. The van der Waals surface area contributed by atoms with Gasteiger partial charge in [-0.25, -0.2) is 0 Å². The molecule has 1 heterocycles. The molecule has 0 bridgehead atoms. The summed E-state index contributed by atoms with van der Waals surface area (Å²) in [7, 11) is 1.30. The van der Waals surface area contributed by atoms with Crippen molar-refractivity contribution in [1.29, 1.82) is 0 Å². The lowest BCUT2D eigenvalue weighted by molar-refractivity contribution is -0.137. The number of hydrogen-bond donors (Lipinski definition) is 1. The lowest BCUT2D eigenvalue weighted by Crippen LogP contribution is -2.30. The molecule has 1 aromatic heterocycles. The molecule has 0 aliphatic carbocycles. The number of carbonyl (C=O) groups excluding carboxylic acids is 1. The van der Waals surface area contributed by atoms with E-state index in [2.05, 4.69) is 20.3 Å². The lowest BCUT2D eigenvalue weighted by Gasteiger charge is -2.17. The van der Waals surface area contributed by atoms with Crippen molar-refractivity contribution in [3.8, 4) is 0 Å². The van der Waals surface area contributed by atoms with Crippen LogP contribution in [0.25, 0.3) is 0 Å². The second kappa shape index (κ2) is 7.98. The van der Waals surface area contributed by atoms with E-state index in [0.717, 1.165) is 12.4 Å². The Morgan fingerprint density at radius 1 is 1.36 bits per heavy atom. The summed E-state index contributed by atoms with van der Waals surface area (Å²) in [6.45, 7) is 0. The van der Waals surface area contributed by atoms with Crippen LogP contribution in [0.15, 0.2) is 47.8 Å². The van der Waals surface area contributed by atoms with Gasteiger partial charge >= 0.3 is 6.18 Å². The Labute approximate surface area is 146 Å². The van der Waals surface area contributed by atoms with Crippen molar-refractivity contribution < 1.29 is 22.8 Å². The third-order valence-electron chi connectivity index (χ3n) is 3.23. The fourth-order valence-electron chi connectivity index (χ4n) is 2.12. The van der Waals surface area contributed by atoms with Crippen molar-refractivity contribution in [1.82, 2.24) is 10.3 Å². The molecule has 0 saturated heterocycles. The molecule has 5 nitrogen and oxygen atoms in total. The Kier molecular flexibility index (Phi) is 5.97. The van der Waals surface area contributed by atoms with E-state index in [-0.39, 0.29) is 10.7 Å². The summed E-state index contributed by atoms with van der Waals surface area (Å²) in [5, 5.41) is 5.51. The molecule has 2 rings (SSSR count). The van der Waals surface area contributed by atoms with E-state index in [4.69, 9.17) is 11.6 Å². The van der Waals surface area contributed by atoms with Crippen molar-refractivity contribution in [2.75, 3.05) is 7.11 Å². The fourth-order valence-corrected chi connectivity index (χ4v) is 2.40. The maximum atomic E-state index is 12.8. The maximum absolute atomic E-state index is 12.8. The summed E-state index contributed by atoms with van der Waals surface area (Å²) < 4.78 is 38.3. The average Bonchev–Trinajstić information content (AvgIpc) is 2.57. The standard InChI is InChI=1S/C16H13ClF3N3O2/c1-25-23-9-22-15(24)13(10-5-3-2-4-6-10)14-12(17)7-11(8-21-14)16(18,19)20/h2-9,13H,1H3,(H,22,23,24)/t13-/m1/s1. The van der Waals surface area contributed by atoms with E-state index < -0.39 is 23.6 Å². The Morgan fingerprint density at radius 3 is 2.60 bits per heavy atom. The van der Waals surface area contributed by atoms with Crippen LogP contribution in [0.3, 0.4) is 0 Å². The van der Waals surface area contributed by atoms with Crippen LogP contribution in [0.4, 0.5) is 13.2 Å². The summed E-state index contributed by atoms with van der Waals surface area (Å²) in [6.07, 6.45) is -2.91. The molecule has 132 valence electrons. The Morgan fingerprint density at radius 2 is 2.04 bits per heavy atom. The minimum absolute atomic E-state index is 0.00387. The van der Waals surface area contributed by atoms with Crippen LogP contribution in [-0.2, 0) is 15.8 Å². The Balaban J connectivity index is 2.46. The van der Waals surface area contributed by atoms with Crippen molar-refractivity contribution in [3.63, 3.8) is 0 Å². The molecular formula is C16H13ClF3N3O2. The molecule has 0 aliphatic heterocycles. The van der Waals surface area contributed by atoms with Gasteiger partial charge in [-0.2, -0.15) is 13.2 Å². The van der Waals surface area contributed by atoms with Crippen molar-refractivity contribution in [2.45, 2.75) is 12.1 Å². The van der Waals surface area contributed by atoms with Crippen molar-refractivity contribution >= 4 is 23.8 Å². The Bertz CT molecular complexity index is 767. The van der Waals surface area contributed by atoms with Crippen molar-refractivity contribution in [2.24, 2.45) is 5.16 Å². The molecule has 25 heavy (non-hydrogen) atoms. The molecule has 1 amide bonds. The fraction of sp³-hybridized carbons (Fsp3) is 0.188. The van der Waals surface area contributed by atoms with Gasteiger partial charge in [0, 0.05) is 6.20 Å². The summed E-state index contributed by atoms with van der Waals surface area (Å²) in [5.41, 5.74) is -0.474. The zero-order chi connectivity index (χ0) is 18.4. The van der Waals surface area contributed by atoms with Crippen LogP contribution < -0.4 is 5.32 Å². The van der Waals surface area contributed by atoms with Gasteiger partial charge in [-0.1, -0.05) is 47.1 Å². The average molecular weight is 372 g/mol. The highest BCUT2D eigenvalue weighted by Crippen LogP contribution is 2.34. The van der Waals surface area contributed by atoms with Crippen LogP contribution in [0.2, 0.25) is 5.02 Å². The highest BCUT2D eigenvalue weighted by atomic mass is 35.5. The number of nitrogens with zero attached hydrogens (tertiary/aromatic N) is 2. The zero-order valence-electron chi connectivity index (χ0n) is 12.9. The zero-order valence-corrected chi connectivity index (χ0v) is 13.7. The first-order valence-corrected chi connectivity index (χ1v) is 7.35. The molecular weight excluding hydrogens is 359 g/mol. The summed E-state index contributed by atoms with van der Waals surface area (Å²) in [5.74, 6) is -1.58. The molecule has 0 aliphatic rings. The number of oxime groups is 1. The van der Waals surface area contributed by atoms with Gasteiger partial charge in [0.1, 0.15) is 19.4 Å². The smallest absolute Gasteiger partial charge is 0.398 e. The van der Waals surface area contributed by atoms with E-state index in [1.807, 2.05) is 0 Å². The number of carbonyl (C=O) groups is 1. The summed E-state index contributed by atoms with van der Waals surface area (Å²) >= 11 is 5.98. The topological polar surface area (TPSA) is 63.6 Å². The second-order valence-corrected chi connectivity index (χ2v) is 5.27. The predicted molar refractivity (Wildman–Crippen MR) is 86.2 cm³/mol. The number of pyridine rings is 1. The number of benzene rings is 1. The van der Waals surface area contributed by atoms with Gasteiger partial charge in [0.05, 0.1) is 16.3 Å². The van der Waals surface area contributed by atoms with Crippen molar-refractivity contribution in [3.05, 3.63) is 64.4 Å². The van der Waals surface area contributed by atoms with Gasteiger partial charge in [0.2, 0.25) is 5.91 Å². The van der Waals surface area contributed by atoms with E-state index in [0.29, 0.717) is 11.8 Å². The SMILES string of the molecule is CO/N=C\NC(=O)[C@H](c1ccccc1)c1ncc(C(F)(F)F)cc1Cl. The number of amides is 1. The summed E-state index contributed by atoms with van der Waals surface area (Å²) in [4.78, 5) is 20.7. The van der Waals surface area contributed by atoms with Crippen LogP contribution in [0.5, 0.6) is 0 Å². The first-order valence-electron chi connectivity index (χ1n) is 6.97. The quantitative estimate of drug-likeness (QED) is 0.496. The second-order valence-electron chi connectivity index (χ2n) is 4.86. The molecule has 0 unspecified atom stereocenters. The number of halogens is 4. The normalized spacial score (nSPS) is 12.8. The molecule has 2 aromatic rings. The first kappa shape index (κ1) is 18.7. The molecule has 9 heteroatoms. The molecule has 0 spiro atoms. The van der Waals surface area contributed by atoms with Gasteiger partial charge < -0.3 is 10.2 Å². The van der Waals surface area contributed by atoms with E-state index in [9.17, 15) is 18.0 Å². The van der Waals surface area contributed by atoms with Gasteiger partial charge in [-0.05, 0) is 11.6 Å². The number of aromatic nitrogens is 1. The molecule has 0 radical (unpaired) electrons. The lowest BCUT2D eigenvalue weighted by atomic mass is 9.94. The number of nitrogens with one attached hydrogen (secondary N) is 1. The van der Waals surface area contributed by atoms with E-state index in [1.165, 1.54) is 7.11 Å². The van der Waals surface area contributed by atoms with Crippen LogP contribution >= 0.6 is 11.6 Å². The predicted octanol–water partition coefficient (Wildman–Crippen LogP) is 3.59. The van der Waals surface area contributed by atoms with Gasteiger partial charge in [-0.3, -0.25) is 9.78 Å². The molecule has 0 fully saturated rings. The molecule has 0 saturated carbocycles. The third-order valence-corrected chi connectivity index (χ3v) is 3.53. The number of hydrogen-bond acceptors (Lipinski definition) is 4. The van der Waals surface area contributed by atoms with E-state index in [1.54, 1.807) is 30.3 Å². The van der Waals surface area contributed by atoms with Gasteiger partial charge in [0.25, 0.3) is 0 Å². The maximum Gasteiger partial charge on any atom is 0.417 e. The highest BCUT2D eigenvalue weighted by Gasteiger charge is 2.33. The molecule has 1 atom stereocenters. The monoisotopic (exact) mass is 371 g/mol. The number of rotatable bonds is 5. The van der Waals surface area contributed by atoms with Crippen LogP contribution in [0.1, 0.15) is 22.7 Å². The van der Waals surface area contributed by atoms with Crippen LogP contribution in [0, 0.1) is 0 Å². The van der Waals surface area contributed by atoms with Crippen LogP contribution in [-0.4, -0.2) is 24.3 Å². The van der Waals surface area contributed by atoms with E-state index >= 15 is 0 Å². The van der Waals surface area contributed by atoms with Gasteiger partial charge in [-0.15, -0.1) is 0 Å². The number of alkyl halides is 3. The minimum Gasteiger partial charge on any atom is -0.398 e. The minimum atomic E-state index is -4.58. The Hall–Kier alpha value is -2.61. The third kappa shape index (κ3) is 4.69. The first-order chi connectivity index (χ1) is 11.8. The van der Waals surface area contributed by atoms with Gasteiger partial charge in [0.15, 0.2) is 0 Å². The summed E-state index contributed by atoms with van der Waals surface area (Å²) in [6, 6.07) is 9.16. The largest absolute Gasteiger partial charge is 0.417 e.